The lowest BCUT2D eigenvalue weighted by Crippen LogP contribution is -2.28. The van der Waals surface area contributed by atoms with Crippen LogP contribution in [0.25, 0.3) is 11.3 Å². The molecule has 0 amide bonds. The monoisotopic (exact) mass is 509 g/mol. The van der Waals surface area contributed by atoms with E-state index < -0.39 is 10.9 Å². The van der Waals surface area contributed by atoms with Gasteiger partial charge in [-0.05, 0) is 36.2 Å². The number of carbonyl (C=O) groups is 1. The Balaban J connectivity index is 1.55. The van der Waals surface area contributed by atoms with Crippen LogP contribution in [0.5, 0.6) is 0 Å². The highest BCUT2D eigenvalue weighted by Gasteiger charge is 2.28. The summed E-state index contributed by atoms with van der Waals surface area (Å²) in [6, 6.07) is 11.1. The Kier molecular flexibility index (Phi) is 8.13. The zero-order valence-electron chi connectivity index (χ0n) is 19.4. The molecule has 0 aliphatic heterocycles. The molecule has 1 N–H and O–H groups in total. The third-order valence-corrected chi connectivity index (χ3v) is 5.68. The van der Waals surface area contributed by atoms with Gasteiger partial charge in [0.1, 0.15) is 17.8 Å². The first-order valence-corrected chi connectivity index (χ1v) is 11.9. The molecule has 0 saturated carbocycles. The number of aromatic nitrogens is 4. The Morgan fingerprint density at radius 2 is 2.08 bits per heavy atom. The fourth-order valence-corrected chi connectivity index (χ4v) is 3.94. The van der Waals surface area contributed by atoms with Crippen LogP contribution in [-0.4, -0.2) is 43.6 Å². The summed E-state index contributed by atoms with van der Waals surface area (Å²) in [5.74, 6) is 0.300. The molecule has 0 fully saturated rings. The fraction of sp³-hybridized carbons (Fsp3) is 0.261. The van der Waals surface area contributed by atoms with Crippen LogP contribution >= 0.6 is 11.5 Å². The predicted molar refractivity (Wildman–Crippen MR) is 132 cm³/mol. The van der Waals surface area contributed by atoms with Crippen molar-refractivity contribution in [2.24, 2.45) is 0 Å². The van der Waals surface area contributed by atoms with Crippen LogP contribution in [0.4, 0.5) is 17.3 Å². The number of benzene rings is 1. The lowest BCUT2D eigenvalue weighted by molar-refractivity contribution is -0.383. The number of hydrogen-bond acceptors (Lipinski definition) is 12. The lowest BCUT2D eigenvalue weighted by Gasteiger charge is -2.22. The molecule has 0 radical (unpaired) electrons. The zero-order valence-corrected chi connectivity index (χ0v) is 20.2. The van der Waals surface area contributed by atoms with Crippen molar-refractivity contribution in [3.63, 3.8) is 0 Å². The first-order chi connectivity index (χ1) is 17.5. The van der Waals surface area contributed by atoms with E-state index in [-0.39, 0.29) is 43.4 Å². The normalized spacial score (nSPS) is 10.7. The maximum Gasteiger partial charge on any atom is 0.353 e. The van der Waals surface area contributed by atoms with E-state index in [0.717, 1.165) is 16.8 Å². The van der Waals surface area contributed by atoms with Crippen molar-refractivity contribution in [1.29, 1.82) is 0 Å². The molecule has 0 atom stereocenters. The number of anilines is 2. The smallest absolute Gasteiger partial charge is 0.353 e. The van der Waals surface area contributed by atoms with Crippen molar-refractivity contribution < 1.29 is 18.9 Å². The van der Waals surface area contributed by atoms with E-state index in [0.29, 0.717) is 12.3 Å². The van der Waals surface area contributed by atoms with Gasteiger partial charge in [-0.1, -0.05) is 28.8 Å². The van der Waals surface area contributed by atoms with Crippen LogP contribution in [0, 0.1) is 10.1 Å². The summed E-state index contributed by atoms with van der Waals surface area (Å²) in [6.07, 6.45) is 2.79. The number of carbonyl (C=O) groups excluding carboxylic acids is 1. The molecule has 1 aromatic carbocycles. The van der Waals surface area contributed by atoms with Gasteiger partial charge in [0.2, 0.25) is 11.6 Å². The van der Waals surface area contributed by atoms with E-state index >= 15 is 0 Å². The Morgan fingerprint density at radius 1 is 1.25 bits per heavy atom. The second-order valence-corrected chi connectivity index (χ2v) is 8.16. The van der Waals surface area contributed by atoms with Gasteiger partial charge in [-0.15, -0.1) is 5.10 Å². The second kappa shape index (κ2) is 11.8. The van der Waals surface area contributed by atoms with E-state index in [2.05, 4.69) is 24.9 Å². The zero-order chi connectivity index (χ0) is 25.3. The van der Waals surface area contributed by atoms with E-state index in [4.69, 9.17) is 9.15 Å². The average molecular weight is 510 g/mol. The van der Waals surface area contributed by atoms with E-state index in [1.54, 1.807) is 24.0 Å². The van der Waals surface area contributed by atoms with Crippen molar-refractivity contribution >= 4 is 34.8 Å². The summed E-state index contributed by atoms with van der Waals surface area (Å²) in [5.41, 5.74) is 2.32. The van der Waals surface area contributed by atoms with Crippen LogP contribution in [0.3, 0.4) is 0 Å². The summed E-state index contributed by atoms with van der Waals surface area (Å²) in [5, 5.41) is 21.1. The second-order valence-electron chi connectivity index (χ2n) is 7.55. The van der Waals surface area contributed by atoms with Gasteiger partial charge in [0.05, 0.1) is 30.8 Å². The SMILES string of the molecule is CCOC(=O)CCN(Cc1ccco1)c1ncnc(NCc2ccc(-c3csnn3)cc2)c1[N+](=O)[O-]. The number of nitrogens with zero attached hydrogens (tertiary/aromatic N) is 6. The molecular formula is C23H23N7O5S. The molecule has 0 saturated heterocycles. The van der Waals surface area contributed by atoms with E-state index in [1.807, 2.05) is 29.6 Å². The van der Waals surface area contributed by atoms with Gasteiger partial charge in [0.25, 0.3) is 0 Å². The standard InChI is InChI=1S/C23H23N7O5S/c1-2-34-20(31)9-10-29(13-18-4-3-11-35-18)23-21(30(32)33)22(25-15-26-23)24-12-16-5-7-17(8-6-16)19-14-36-28-27-19/h3-8,11,14-15H,2,9-10,12-13H2,1H3,(H,24,25,26). The van der Waals surface area contributed by atoms with Gasteiger partial charge in [0.15, 0.2) is 0 Å². The molecule has 36 heavy (non-hydrogen) atoms. The highest BCUT2D eigenvalue weighted by Crippen LogP contribution is 2.33. The third kappa shape index (κ3) is 6.18. The first kappa shape index (κ1) is 24.7. The highest BCUT2D eigenvalue weighted by atomic mass is 32.1. The predicted octanol–water partition coefficient (Wildman–Crippen LogP) is 4.07. The molecule has 13 heteroatoms. The van der Waals surface area contributed by atoms with Crippen LogP contribution < -0.4 is 10.2 Å². The molecule has 3 aromatic heterocycles. The molecule has 0 bridgehead atoms. The summed E-state index contributed by atoms with van der Waals surface area (Å²) in [7, 11) is 0. The topological polar surface area (TPSA) is 149 Å². The van der Waals surface area contributed by atoms with Gasteiger partial charge >= 0.3 is 11.7 Å². The van der Waals surface area contributed by atoms with Gasteiger partial charge in [0, 0.05) is 24.0 Å². The van der Waals surface area contributed by atoms with Crippen LogP contribution in [-0.2, 0) is 22.6 Å². The van der Waals surface area contributed by atoms with Crippen LogP contribution in [0.1, 0.15) is 24.7 Å². The number of hydrogen-bond donors (Lipinski definition) is 1. The molecule has 186 valence electrons. The first-order valence-electron chi connectivity index (χ1n) is 11.1. The van der Waals surface area contributed by atoms with Crippen molar-refractivity contribution in [3.8, 4) is 11.3 Å². The van der Waals surface area contributed by atoms with Crippen LogP contribution in [0.15, 0.2) is 58.8 Å². The van der Waals surface area contributed by atoms with Gasteiger partial charge in [-0.25, -0.2) is 9.97 Å². The van der Waals surface area contributed by atoms with Gasteiger partial charge in [-0.3, -0.25) is 14.9 Å². The van der Waals surface area contributed by atoms with Crippen molar-refractivity contribution in [3.05, 3.63) is 75.8 Å². The minimum Gasteiger partial charge on any atom is -0.467 e. The Hall–Kier alpha value is -4.39. The Morgan fingerprint density at radius 3 is 2.75 bits per heavy atom. The summed E-state index contributed by atoms with van der Waals surface area (Å²) < 4.78 is 14.3. The van der Waals surface area contributed by atoms with E-state index in [9.17, 15) is 14.9 Å². The van der Waals surface area contributed by atoms with Crippen molar-refractivity contribution in [1.82, 2.24) is 19.6 Å². The molecule has 12 nitrogen and oxygen atoms in total. The molecule has 0 aliphatic rings. The summed E-state index contributed by atoms with van der Waals surface area (Å²) in [4.78, 5) is 33.5. The quantitative estimate of drug-likeness (QED) is 0.167. The summed E-state index contributed by atoms with van der Waals surface area (Å²) >= 11 is 1.28. The minimum absolute atomic E-state index is 0.0271. The number of nitrogens with one attached hydrogen (secondary N) is 1. The Bertz CT molecular complexity index is 1280. The number of rotatable bonds is 12. The largest absolute Gasteiger partial charge is 0.467 e. The fourth-order valence-electron chi connectivity index (χ4n) is 3.48. The Labute approximate surface area is 210 Å². The number of nitro groups is 1. The minimum atomic E-state index is -0.532. The van der Waals surface area contributed by atoms with Gasteiger partial charge in [-0.2, -0.15) is 0 Å². The lowest BCUT2D eigenvalue weighted by atomic mass is 10.1. The van der Waals surface area contributed by atoms with Crippen molar-refractivity contribution in [2.75, 3.05) is 23.4 Å². The molecular weight excluding hydrogens is 486 g/mol. The molecule has 3 heterocycles. The van der Waals surface area contributed by atoms with Crippen molar-refractivity contribution in [2.45, 2.75) is 26.4 Å². The number of esters is 1. The molecule has 4 rings (SSSR count). The highest BCUT2D eigenvalue weighted by molar-refractivity contribution is 7.03. The number of furan rings is 1. The third-order valence-electron chi connectivity index (χ3n) is 5.17. The number of ether oxygens (including phenoxy) is 1. The molecule has 0 spiro atoms. The van der Waals surface area contributed by atoms with Gasteiger partial charge < -0.3 is 19.4 Å². The maximum absolute atomic E-state index is 12.1. The molecule has 0 aliphatic carbocycles. The summed E-state index contributed by atoms with van der Waals surface area (Å²) in [6.45, 7) is 2.59. The average Bonchev–Trinajstić information content (AvgIpc) is 3.60. The van der Waals surface area contributed by atoms with E-state index in [1.165, 1.54) is 24.1 Å². The molecule has 0 unspecified atom stereocenters. The maximum atomic E-state index is 12.1. The molecule has 4 aromatic rings. The van der Waals surface area contributed by atoms with Crippen LogP contribution in [0.2, 0.25) is 0 Å².